The van der Waals surface area contributed by atoms with Gasteiger partial charge >= 0.3 is 0 Å². The van der Waals surface area contributed by atoms with Crippen molar-refractivity contribution in [1.82, 2.24) is 30.0 Å². The van der Waals surface area contributed by atoms with Gasteiger partial charge in [-0.05, 0) is 42.0 Å². The Morgan fingerprint density at radius 2 is 1.76 bits per heavy atom. The first-order valence-corrected chi connectivity index (χ1v) is 12.5. The SMILES string of the molecule is COc1cccc2cc(C(=O)N3CCC4(CCN(C(=O)Cn5nnc(-c6ccccc6)n5)C4)CC3)oc12. The molecule has 4 aromatic rings. The van der Waals surface area contributed by atoms with Gasteiger partial charge < -0.3 is 19.0 Å². The van der Waals surface area contributed by atoms with Gasteiger partial charge in [-0.25, -0.2) is 0 Å². The molecular weight excluding hydrogens is 472 g/mol. The van der Waals surface area contributed by atoms with Crippen LogP contribution in [0.2, 0.25) is 0 Å². The summed E-state index contributed by atoms with van der Waals surface area (Å²) in [6, 6.07) is 17.0. The van der Waals surface area contributed by atoms with Crippen LogP contribution in [0.15, 0.2) is 59.0 Å². The molecule has 10 heteroatoms. The molecule has 4 heterocycles. The van der Waals surface area contributed by atoms with Crippen LogP contribution in [0.4, 0.5) is 0 Å². The van der Waals surface area contributed by atoms with Crippen molar-refractivity contribution in [1.29, 1.82) is 0 Å². The van der Waals surface area contributed by atoms with Gasteiger partial charge in [0, 0.05) is 37.1 Å². The first-order chi connectivity index (χ1) is 18.0. The Balaban J connectivity index is 1.05. The van der Waals surface area contributed by atoms with Crippen LogP contribution in [0, 0.1) is 5.41 Å². The number of aromatic nitrogens is 4. The van der Waals surface area contributed by atoms with Crippen molar-refractivity contribution < 1.29 is 18.7 Å². The molecule has 1 spiro atoms. The maximum atomic E-state index is 13.2. The third-order valence-corrected chi connectivity index (χ3v) is 7.60. The fourth-order valence-corrected chi connectivity index (χ4v) is 5.43. The molecule has 0 saturated carbocycles. The van der Waals surface area contributed by atoms with Gasteiger partial charge in [-0.1, -0.05) is 42.5 Å². The van der Waals surface area contributed by atoms with Crippen LogP contribution in [-0.4, -0.2) is 75.1 Å². The minimum atomic E-state index is -0.106. The Labute approximate surface area is 213 Å². The van der Waals surface area contributed by atoms with Crippen LogP contribution < -0.4 is 4.74 Å². The Bertz CT molecular complexity index is 1440. The largest absolute Gasteiger partial charge is 0.493 e. The van der Waals surface area contributed by atoms with Crippen LogP contribution in [-0.2, 0) is 11.3 Å². The first kappa shape index (κ1) is 23.2. The highest BCUT2D eigenvalue weighted by Crippen LogP contribution is 2.41. The summed E-state index contributed by atoms with van der Waals surface area (Å²) < 4.78 is 11.2. The molecule has 2 fully saturated rings. The lowest BCUT2D eigenvalue weighted by Crippen LogP contribution is -2.44. The Morgan fingerprint density at radius 3 is 2.51 bits per heavy atom. The van der Waals surface area contributed by atoms with E-state index < -0.39 is 0 Å². The van der Waals surface area contributed by atoms with E-state index in [4.69, 9.17) is 9.15 Å². The predicted molar refractivity (Wildman–Crippen MR) is 135 cm³/mol. The van der Waals surface area contributed by atoms with Crippen molar-refractivity contribution in [2.75, 3.05) is 33.3 Å². The lowest BCUT2D eigenvalue weighted by atomic mass is 9.77. The highest BCUT2D eigenvalue weighted by Gasteiger charge is 2.43. The molecule has 190 valence electrons. The number of hydrogen-bond donors (Lipinski definition) is 0. The van der Waals surface area contributed by atoms with Gasteiger partial charge in [0.05, 0.1) is 7.11 Å². The standard InChI is InChI=1S/C27H28N6O4/c1-36-21-9-5-8-20-16-22(37-24(20)21)26(35)31-13-10-27(11-14-31)12-15-32(18-27)23(34)17-33-29-25(28-30-33)19-6-3-2-4-7-19/h2-9,16H,10-15,17-18H2,1H3. The number of carbonyl (C=O) groups excluding carboxylic acids is 2. The molecule has 37 heavy (non-hydrogen) atoms. The first-order valence-electron chi connectivity index (χ1n) is 12.5. The molecule has 0 aliphatic carbocycles. The summed E-state index contributed by atoms with van der Waals surface area (Å²) in [5.41, 5.74) is 1.49. The van der Waals surface area contributed by atoms with Crippen molar-refractivity contribution in [2.24, 2.45) is 5.41 Å². The second-order valence-corrected chi connectivity index (χ2v) is 9.86. The Kier molecular flexibility index (Phi) is 5.86. The molecule has 10 nitrogen and oxygen atoms in total. The summed E-state index contributed by atoms with van der Waals surface area (Å²) in [5, 5.41) is 13.4. The number of likely N-dealkylation sites (tertiary alicyclic amines) is 2. The van der Waals surface area contributed by atoms with Gasteiger partial charge in [0.1, 0.15) is 6.54 Å². The number of tetrazole rings is 1. The van der Waals surface area contributed by atoms with Gasteiger partial charge in [-0.15, -0.1) is 10.2 Å². The van der Waals surface area contributed by atoms with Crippen molar-refractivity contribution in [2.45, 2.75) is 25.8 Å². The van der Waals surface area contributed by atoms with Gasteiger partial charge in [-0.2, -0.15) is 4.80 Å². The molecule has 0 bridgehead atoms. The second kappa shape index (κ2) is 9.34. The highest BCUT2D eigenvalue weighted by molar-refractivity contribution is 5.97. The lowest BCUT2D eigenvalue weighted by molar-refractivity contribution is -0.131. The maximum absolute atomic E-state index is 13.2. The molecule has 6 rings (SSSR count). The minimum Gasteiger partial charge on any atom is -0.493 e. The number of nitrogens with zero attached hydrogens (tertiary/aromatic N) is 6. The summed E-state index contributed by atoms with van der Waals surface area (Å²) in [4.78, 5) is 31.3. The van der Waals surface area contributed by atoms with Crippen LogP contribution in [0.1, 0.15) is 29.8 Å². The van der Waals surface area contributed by atoms with Gasteiger partial charge in [0.2, 0.25) is 11.7 Å². The third-order valence-electron chi connectivity index (χ3n) is 7.60. The molecule has 2 saturated heterocycles. The molecule has 2 aliphatic rings. The summed E-state index contributed by atoms with van der Waals surface area (Å²) in [6.07, 6.45) is 2.64. The van der Waals surface area contributed by atoms with E-state index in [9.17, 15) is 9.59 Å². The maximum Gasteiger partial charge on any atom is 0.289 e. The molecule has 2 aliphatic heterocycles. The molecule has 2 aromatic carbocycles. The zero-order valence-corrected chi connectivity index (χ0v) is 20.7. The summed E-state index contributed by atoms with van der Waals surface area (Å²) in [7, 11) is 1.59. The smallest absolute Gasteiger partial charge is 0.289 e. The minimum absolute atomic E-state index is 0.0105. The van der Waals surface area contributed by atoms with E-state index in [1.165, 1.54) is 4.80 Å². The average Bonchev–Trinajstić information content (AvgIpc) is 3.68. The lowest BCUT2D eigenvalue weighted by Gasteiger charge is -2.38. The Morgan fingerprint density at radius 1 is 1.00 bits per heavy atom. The number of benzene rings is 2. The highest BCUT2D eigenvalue weighted by atomic mass is 16.5. The number of piperidine rings is 1. The van der Waals surface area contributed by atoms with Crippen LogP contribution in [0.3, 0.4) is 0 Å². The van der Waals surface area contributed by atoms with E-state index in [0.717, 1.165) is 30.2 Å². The number of rotatable bonds is 5. The average molecular weight is 501 g/mol. The number of fused-ring (bicyclic) bond motifs is 1. The summed E-state index contributed by atoms with van der Waals surface area (Å²) >= 11 is 0. The number of para-hydroxylation sites is 1. The quantitative estimate of drug-likeness (QED) is 0.414. The van der Waals surface area contributed by atoms with Crippen LogP contribution in [0.5, 0.6) is 5.75 Å². The van der Waals surface area contributed by atoms with Gasteiger partial charge in [-0.3, -0.25) is 9.59 Å². The number of furan rings is 1. The van der Waals surface area contributed by atoms with Crippen molar-refractivity contribution in [3.63, 3.8) is 0 Å². The number of carbonyl (C=O) groups is 2. The van der Waals surface area contributed by atoms with Crippen molar-refractivity contribution in [3.8, 4) is 17.1 Å². The molecule has 0 radical (unpaired) electrons. The van der Waals surface area contributed by atoms with Crippen molar-refractivity contribution >= 4 is 22.8 Å². The van der Waals surface area contributed by atoms with E-state index in [0.29, 0.717) is 49.1 Å². The normalized spacial score (nSPS) is 17.0. The predicted octanol–water partition coefficient (Wildman–Crippen LogP) is 3.25. The van der Waals surface area contributed by atoms with E-state index in [-0.39, 0.29) is 23.8 Å². The number of amides is 2. The second-order valence-electron chi connectivity index (χ2n) is 9.86. The monoisotopic (exact) mass is 500 g/mol. The van der Waals surface area contributed by atoms with E-state index in [2.05, 4.69) is 15.4 Å². The topological polar surface area (TPSA) is 107 Å². The fourth-order valence-electron chi connectivity index (χ4n) is 5.43. The molecule has 0 atom stereocenters. The van der Waals surface area contributed by atoms with E-state index in [1.807, 2.05) is 58.3 Å². The molecule has 2 amide bonds. The van der Waals surface area contributed by atoms with Crippen LogP contribution >= 0.6 is 0 Å². The van der Waals surface area contributed by atoms with E-state index >= 15 is 0 Å². The number of hydrogen-bond acceptors (Lipinski definition) is 7. The van der Waals surface area contributed by atoms with Crippen molar-refractivity contribution in [3.05, 3.63) is 60.4 Å². The van der Waals surface area contributed by atoms with Gasteiger partial charge in [0.25, 0.3) is 5.91 Å². The molecule has 0 N–H and O–H groups in total. The zero-order valence-electron chi connectivity index (χ0n) is 20.7. The fraction of sp³-hybridized carbons (Fsp3) is 0.370. The van der Waals surface area contributed by atoms with E-state index in [1.54, 1.807) is 13.2 Å². The molecule has 2 aromatic heterocycles. The summed E-state index contributed by atoms with van der Waals surface area (Å²) in [6.45, 7) is 2.74. The van der Waals surface area contributed by atoms with Crippen LogP contribution in [0.25, 0.3) is 22.4 Å². The Hall–Kier alpha value is -4.21. The third kappa shape index (κ3) is 4.43. The summed E-state index contributed by atoms with van der Waals surface area (Å²) in [5.74, 6) is 1.33. The number of ether oxygens (including phenoxy) is 1. The van der Waals surface area contributed by atoms with Gasteiger partial charge in [0.15, 0.2) is 17.1 Å². The number of methoxy groups -OCH3 is 1. The molecular formula is C27H28N6O4. The zero-order chi connectivity index (χ0) is 25.4. The molecule has 0 unspecified atom stereocenters.